The number of ether oxygens (including phenoxy) is 2. The van der Waals surface area contributed by atoms with Gasteiger partial charge in [0.25, 0.3) is 10.0 Å². The van der Waals surface area contributed by atoms with Gasteiger partial charge in [-0.1, -0.05) is 37.5 Å². The summed E-state index contributed by atoms with van der Waals surface area (Å²) in [6.45, 7) is 3.11. The molecule has 0 saturated heterocycles. The number of hydrogen-bond acceptors (Lipinski definition) is 5. The van der Waals surface area contributed by atoms with E-state index in [0.717, 1.165) is 17.1 Å². The molecule has 0 spiro atoms. The van der Waals surface area contributed by atoms with E-state index in [-0.39, 0.29) is 17.3 Å². The van der Waals surface area contributed by atoms with E-state index in [4.69, 9.17) is 9.47 Å². The van der Waals surface area contributed by atoms with Crippen LogP contribution in [0.1, 0.15) is 45.4 Å². The summed E-state index contributed by atoms with van der Waals surface area (Å²) in [4.78, 5) is 12.8. The Morgan fingerprint density at radius 3 is 2.39 bits per heavy atom. The molecule has 8 heteroatoms. The molecule has 7 nitrogen and oxygen atoms in total. The molecule has 33 heavy (non-hydrogen) atoms. The number of nitrogens with zero attached hydrogens (tertiary/aromatic N) is 1. The van der Waals surface area contributed by atoms with Crippen LogP contribution in [0.3, 0.4) is 0 Å². The predicted molar refractivity (Wildman–Crippen MR) is 129 cm³/mol. The number of benzene rings is 2. The Morgan fingerprint density at radius 2 is 1.73 bits per heavy atom. The van der Waals surface area contributed by atoms with Gasteiger partial charge in [-0.2, -0.15) is 0 Å². The molecule has 3 rings (SSSR count). The number of hydrogen-bond donors (Lipinski definition) is 1. The topological polar surface area (TPSA) is 84.9 Å². The fourth-order valence-corrected chi connectivity index (χ4v) is 5.32. The van der Waals surface area contributed by atoms with Gasteiger partial charge in [-0.15, -0.1) is 0 Å². The molecule has 1 aliphatic carbocycles. The highest BCUT2D eigenvalue weighted by molar-refractivity contribution is 7.92. The van der Waals surface area contributed by atoms with Gasteiger partial charge in [0.1, 0.15) is 12.3 Å². The van der Waals surface area contributed by atoms with Crippen LogP contribution in [0.5, 0.6) is 5.75 Å². The molecule has 0 bridgehead atoms. The van der Waals surface area contributed by atoms with E-state index in [0.29, 0.717) is 43.7 Å². The van der Waals surface area contributed by atoms with Crippen LogP contribution in [0, 0.1) is 0 Å². The molecule has 1 aliphatic rings. The first-order chi connectivity index (χ1) is 16.0. The van der Waals surface area contributed by atoms with Gasteiger partial charge < -0.3 is 14.8 Å². The van der Waals surface area contributed by atoms with E-state index in [2.05, 4.69) is 5.32 Å². The number of amides is 1. The van der Waals surface area contributed by atoms with Crippen LogP contribution in [0.15, 0.2) is 59.5 Å². The molecule has 180 valence electrons. The third-order valence-corrected chi connectivity index (χ3v) is 7.39. The summed E-state index contributed by atoms with van der Waals surface area (Å²) in [6, 6.07) is 14.8. The molecular weight excluding hydrogens is 440 g/mol. The van der Waals surface area contributed by atoms with Gasteiger partial charge in [0.05, 0.1) is 23.3 Å². The molecule has 0 aromatic heterocycles. The Balaban J connectivity index is 1.62. The van der Waals surface area contributed by atoms with Crippen molar-refractivity contribution in [3.05, 3.63) is 54.6 Å². The van der Waals surface area contributed by atoms with Crippen LogP contribution in [0.4, 0.5) is 5.69 Å². The average molecular weight is 475 g/mol. The van der Waals surface area contributed by atoms with Crippen LogP contribution < -0.4 is 14.4 Å². The Bertz CT molecular complexity index is 958. The summed E-state index contributed by atoms with van der Waals surface area (Å²) in [6.07, 6.45) is 6.98. The molecule has 2 aromatic rings. The zero-order valence-electron chi connectivity index (χ0n) is 19.2. The van der Waals surface area contributed by atoms with Crippen LogP contribution in [0.2, 0.25) is 0 Å². The lowest BCUT2D eigenvalue weighted by Crippen LogP contribution is -2.41. The number of nitrogens with one attached hydrogen (secondary N) is 1. The summed E-state index contributed by atoms with van der Waals surface area (Å²) in [5.41, 5.74) is 0.401. The molecule has 0 aliphatic heterocycles. The van der Waals surface area contributed by atoms with Crippen molar-refractivity contribution in [2.45, 2.75) is 56.4 Å². The second-order valence-electron chi connectivity index (χ2n) is 8.09. The smallest absolute Gasteiger partial charge is 0.264 e. The maximum Gasteiger partial charge on any atom is 0.264 e. The lowest BCUT2D eigenvalue weighted by Gasteiger charge is -2.24. The highest BCUT2D eigenvalue weighted by atomic mass is 32.2. The maximum atomic E-state index is 13.3. The lowest BCUT2D eigenvalue weighted by molar-refractivity contribution is -0.119. The lowest BCUT2D eigenvalue weighted by atomic mass is 9.98. The van der Waals surface area contributed by atoms with Crippen LogP contribution in [0.25, 0.3) is 0 Å². The Labute approximate surface area is 197 Å². The third kappa shape index (κ3) is 7.47. The van der Waals surface area contributed by atoms with E-state index in [1.165, 1.54) is 31.4 Å². The number of carbonyl (C=O) groups is 1. The first kappa shape index (κ1) is 25.1. The molecule has 0 atom stereocenters. The second kappa shape index (κ2) is 12.6. The van der Waals surface area contributed by atoms with Gasteiger partial charge in [-0.3, -0.25) is 9.10 Å². The first-order valence-electron chi connectivity index (χ1n) is 11.7. The van der Waals surface area contributed by atoms with Gasteiger partial charge in [-0.25, -0.2) is 8.42 Å². The quantitative estimate of drug-likeness (QED) is 0.468. The maximum absolute atomic E-state index is 13.3. The summed E-state index contributed by atoms with van der Waals surface area (Å²) in [7, 11) is -3.92. The van der Waals surface area contributed by atoms with Gasteiger partial charge in [-0.05, 0) is 62.6 Å². The summed E-state index contributed by atoms with van der Waals surface area (Å²) in [5.74, 6) is 0.279. The van der Waals surface area contributed by atoms with Crippen molar-refractivity contribution in [3.63, 3.8) is 0 Å². The van der Waals surface area contributed by atoms with E-state index >= 15 is 0 Å². The first-order valence-corrected chi connectivity index (χ1v) is 13.1. The molecular formula is C25H34N2O5S. The zero-order valence-corrected chi connectivity index (χ0v) is 20.1. The highest BCUT2D eigenvalue weighted by Crippen LogP contribution is 2.26. The number of carbonyl (C=O) groups excluding carboxylic acids is 1. The number of rotatable bonds is 12. The number of anilines is 1. The fourth-order valence-electron chi connectivity index (χ4n) is 3.88. The third-order valence-electron chi connectivity index (χ3n) is 5.60. The predicted octanol–water partition coefficient (Wildman–Crippen LogP) is 4.14. The van der Waals surface area contributed by atoms with Crippen LogP contribution in [-0.4, -0.2) is 46.7 Å². The van der Waals surface area contributed by atoms with Crippen molar-refractivity contribution in [1.82, 2.24) is 5.32 Å². The van der Waals surface area contributed by atoms with Crippen molar-refractivity contribution < 1.29 is 22.7 Å². The Hall–Kier alpha value is -2.58. The molecule has 0 heterocycles. The van der Waals surface area contributed by atoms with Crippen LogP contribution >= 0.6 is 0 Å². The van der Waals surface area contributed by atoms with Crippen molar-refractivity contribution in [3.8, 4) is 5.75 Å². The van der Waals surface area contributed by atoms with E-state index in [1.54, 1.807) is 42.5 Å². The standard InChI is InChI=1S/C25H34N2O5S/c1-2-31-23-16-14-21(15-17-23)27(33(29,30)24-12-7-4-8-13-24)20-25(28)26-18-9-19-32-22-10-5-3-6-11-22/h4,7-8,12-17,22H,2-3,5-6,9-11,18-20H2,1H3,(H,26,28). The molecule has 1 fully saturated rings. The van der Waals surface area contributed by atoms with Gasteiger partial charge in [0.15, 0.2) is 0 Å². The Kier molecular flexibility index (Phi) is 9.57. The molecule has 2 aromatic carbocycles. The number of sulfonamides is 1. The molecule has 1 saturated carbocycles. The van der Waals surface area contributed by atoms with Crippen molar-refractivity contribution in [2.24, 2.45) is 0 Å². The monoisotopic (exact) mass is 474 g/mol. The molecule has 0 unspecified atom stereocenters. The SMILES string of the molecule is CCOc1ccc(N(CC(=O)NCCCOC2CCCCC2)S(=O)(=O)c2ccccc2)cc1. The van der Waals surface area contributed by atoms with E-state index in [9.17, 15) is 13.2 Å². The van der Waals surface area contributed by atoms with Crippen molar-refractivity contribution >= 4 is 21.6 Å². The molecule has 1 amide bonds. The van der Waals surface area contributed by atoms with E-state index < -0.39 is 10.0 Å². The molecule has 0 radical (unpaired) electrons. The average Bonchev–Trinajstić information content (AvgIpc) is 2.84. The minimum absolute atomic E-state index is 0.132. The normalized spacial score (nSPS) is 14.6. The van der Waals surface area contributed by atoms with Crippen molar-refractivity contribution in [1.29, 1.82) is 0 Å². The molecule has 1 N–H and O–H groups in total. The second-order valence-corrected chi connectivity index (χ2v) is 9.95. The largest absolute Gasteiger partial charge is 0.494 e. The van der Waals surface area contributed by atoms with Crippen LogP contribution in [-0.2, 0) is 19.6 Å². The zero-order chi connectivity index (χ0) is 23.5. The minimum atomic E-state index is -3.92. The Morgan fingerprint density at radius 1 is 1.03 bits per heavy atom. The van der Waals surface area contributed by atoms with Crippen molar-refractivity contribution in [2.75, 3.05) is 30.6 Å². The summed E-state index contributed by atoms with van der Waals surface area (Å²) in [5, 5.41) is 2.83. The minimum Gasteiger partial charge on any atom is -0.494 e. The van der Waals surface area contributed by atoms with Gasteiger partial charge >= 0.3 is 0 Å². The summed E-state index contributed by atoms with van der Waals surface area (Å²) < 4.78 is 39.1. The fraction of sp³-hybridized carbons (Fsp3) is 0.480. The summed E-state index contributed by atoms with van der Waals surface area (Å²) >= 11 is 0. The van der Waals surface area contributed by atoms with E-state index in [1.807, 2.05) is 6.92 Å². The highest BCUT2D eigenvalue weighted by Gasteiger charge is 2.27. The van der Waals surface area contributed by atoms with Gasteiger partial charge in [0, 0.05) is 13.2 Å². The van der Waals surface area contributed by atoms with Gasteiger partial charge in [0.2, 0.25) is 5.91 Å².